The van der Waals surface area contributed by atoms with Crippen LogP contribution in [0.3, 0.4) is 0 Å². The summed E-state index contributed by atoms with van der Waals surface area (Å²) in [5.41, 5.74) is 6.40. The zero-order valence-electron chi connectivity index (χ0n) is 20.0. The molecule has 8 heteroatoms. The van der Waals surface area contributed by atoms with Crippen LogP contribution >= 0.6 is 0 Å². The first-order valence-corrected chi connectivity index (χ1v) is 11.2. The molecule has 0 radical (unpaired) electrons. The van der Waals surface area contributed by atoms with E-state index in [0.29, 0.717) is 13.2 Å². The molecule has 1 heterocycles. The van der Waals surface area contributed by atoms with Crippen molar-refractivity contribution < 1.29 is 27.9 Å². The van der Waals surface area contributed by atoms with Crippen LogP contribution in [0.25, 0.3) is 0 Å². The standard InChI is InChI=1S/C12H22F2N2O.C9H10O2.C4H6O/c1-10(4-2-3-7-15)11(17)16-8-5-12(13,14)6-9-16;1-8(10)11-7-9-5-3-2-4-6-9;1-3-4(2)5/h10H,2-9,15H2,1H3;2-6H,7H2,1H3;3H,1H2,2H3/t10-;;/m0../s1. The molecule has 1 amide bonds. The van der Waals surface area contributed by atoms with E-state index in [2.05, 4.69) is 6.58 Å². The molecule has 1 aliphatic heterocycles. The normalized spacial score (nSPS) is 15.0. The second-order valence-corrected chi connectivity index (χ2v) is 7.95. The summed E-state index contributed by atoms with van der Waals surface area (Å²) in [5.74, 6) is -2.87. The molecule has 1 fully saturated rings. The minimum Gasteiger partial charge on any atom is -0.461 e. The maximum absolute atomic E-state index is 12.9. The van der Waals surface area contributed by atoms with E-state index < -0.39 is 5.92 Å². The number of rotatable bonds is 8. The number of amides is 1. The Hall–Kier alpha value is -2.61. The van der Waals surface area contributed by atoms with Crippen LogP contribution in [0.1, 0.15) is 58.4 Å². The number of allylic oxidation sites excluding steroid dienone is 1. The van der Waals surface area contributed by atoms with E-state index in [1.54, 1.807) is 4.90 Å². The maximum Gasteiger partial charge on any atom is 0.302 e. The average Bonchev–Trinajstić information content (AvgIpc) is 2.79. The van der Waals surface area contributed by atoms with Crippen molar-refractivity contribution >= 4 is 17.7 Å². The quantitative estimate of drug-likeness (QED) is 0.344. The Bertz CT molecular complexity index is 716. The first-order valence-electron chi connectivity index (χ1n) is 11.2. The SMILES string of the molecule is C=CC(C)=O.CC(=O)OCc1ccccc1.C[C@@H](CCCCN)C(=O)N1CCC(F)(F)CC1. The van der Waals surface area contributed by atoms with Gasteiger partial charge in [0.05, 0.1) is 0 Å². The molecule has 1 aromatic rings. The Morgan fingerprint density at radius 1 is 1.15 bits per heavy atom. The smallest absolute Gasteiger partial charge is 0.302 e. The fourth-order valence-electron chi connectivity index (χ4n) is 2.84. The molecule has 2 rings (SSSR count). The molecule has 0 aliphatic carbocycles. The van der Waals surface area contributed by atoms with Gasteiger partial charge in [0.15, 0.2) is 5.78 Å². The number of carbonyl (C=O) groups is 3. The molecule has 0 spiro atoms. The summed E-state index contributed by atoms with van der Waals surface area (Å²) >= 11 is 0. The molecular formula is C25H38F2N2O4. The predicted molar refractivity (Wildman–Crippen MR) is 126 cm³/mol. The minimum absolute atomic E-state index is 0.0116. The van der Waals surface area contributed by atoms with E-state index in [9.17, 15) is 23.2 Å². The van der Waals surface area contributed by atoms with E-state index in [4.69, 9.17) is 10.5 Å². The van der Waals surface area contributed by atoms with Crippen LogP contribution in [0, 0.1) is 5.92 Å². The van der Waals surface area contributed by atoms with Gasteiger partial charge in [0.25, 0.3) is 5.92 Å². The lowest BCUT2D eigenvalue weighted by Gasteiger charge is -2.33. The number of nitrogens with zero attached hydrogens (tertiary/aromatic N) is 1. The number of likely N-dealkylation sites (tertiary alicyclic amines) is 1. The van der Waals surface area contributed by atoms with Crippen LogP contribution in [0.4, 0.5) is 8.78 Å². The number of hydrogen-bond donors (Lipinski definition) is 1. The number of benzene rings is 1. The molecule has 6 nitrogen and oxygen atoms in total. The van der Waals surface area contributed by atoms with Gasteiger partial charge in [-0.15, -0.1) is 0 Å². The number of alkyl halides is 2. The number of piperidine rings is 1. The van der Waals surface area contributed by atoms with Crippen LogP contribution in [-0.2, 0) is 25.7 Å². The molecule has 186 valence electrons. The molecule has 0 saturated carbocycles. The fourth-order valence-corrected chi connectivity index (χ4v) is 2.84. The highest BCUT2D eigenvalue weighted by atomic mass is 19.3. The Balaban J connectivity index is 0.000000546. The molecular weight excluding hydrogens is 430 g/mol. The van der Waals surface area contributed by atoms with Gasteiger partial charge < -0.3 is 15.4 Å². The number of unbranched alkanes of at least 4 members (excludes halogenated alkanes) is 1. The number of hydrogen-bond acceptors (Lipinski definition) is 5. The van der Waals surface area contributed by atoms with Crippen molar-refractivity contribution in [2.75, 3.05) is 19.6 Å². The van der Waals surface area contributed by atoms with Crippen molar-refractivity contribution in [3.63, 3.8) is 0 Å². The number of carbonyl (C=O) groups excluding carboxylic acids is 3. The summed E-state index contributed by atoms with van der Waals surface area (Å²) in [6.07, 6.45) is 3.51. The van der Waals surface area contributed by atoms with Gasteiger partial charge >= 0.3 is 5.97 Å². The summed E-state index contributed by atoms with van der Waals surface area (Å²) < 4.78 is 30.7. The van der Waals surface area contributed by atoms with E-state index in [1.165, 1.54) is 19.9 Å². The second-order valence-electron chi connectivity index (χ2n) is 7.95. The topological polar surface area (TPSA) is 89.7 Å². The highest BCUT2D eigenvalue weighted by Gasteiger charge is 2.36. The highest BCUT2D eigenvalue weighted by Crippen LogP contribution is 2.28. The minimum atomic E-state index is -2.58. The van der Waals surface area contributed by atoms with Crippen LogP contribution < -0.4 is 5.73 Å². The summed E-state index contributed by atoms with van der Waals surface area (Å²) in [7, 11) is 0. The molecule has 1 aromatic carbocycles. The third-order valence-electron chi connectivity index (χ3n) is 4.89. The van der Waals surface area contributed by atoms with Crippen molar-refractivity contribution in [3.05, 3.63) is 48.6 Å². The summed E-state index contributed by atoms with van der Waals surface area (Å²) in [5, 5.41) is 0. The first kappa shape index (κ1) is 30.4. The number of halogens is 2. The number of ketones is 1. The third kappa shape index (κ3) is 15.8. The lowest BCUT2D eigenvalue weighted by Crippen LogP contribution is -2.44. The zero-order valence-corrected chi connectivity index (χ0v) is 20.0. The largest absolute Gasteiger partial charge is 0.461 e. The monoisotopic (exact) mass is 468 g/mol. The molecule has 1 atom stereocenters. The second kappa shape index (κ2) is 16.9. The van der Waals surface area contributed by atoms with Gasteiger partial charge in [-0.2, -0.15) is 0 Å². The van der Waals surface area contributed by atoms with Gasteiger partial charge in [-0.3, -0.25) is 14.4 Å². The molecule has 2 N–H and O–H groups in total. The summed E-state index contributed by atoms with van der Waals surface area (Å²) in [6, 6.07) is 9.60. The van der Waals surface area contributed by atoms with Crippen molar-refractivity contribution in [2.45, 2.75) is 65.4 Å². The third-order valence-corrected chi connectivity index (χ3v) is 4.89. The first-order chi connectivity index (χ1) is 15.5. The van der Waals surface area contributed by atoms with Crippen molar-refractivity contribution in [3.8, 4) is 0 Å². The van der Waals surface area contributed by atoms with Crippen molar-refractivity contribution in [2.24, 2.45) is 11.7 Å². The number of ether oxygens (including phenoxy) is 1. The Morgan fingerprint density at radius 3 is 2.15 bits per heavy atom. The molecule has 33 heavy (non-hydrogen) atoms. The van der Waals surface area contributed by atoms with Crippen molar-refractivity contribution in [1.29, 1.82) is 0 Å². The van der Waals surface area contributed by atoms with Crippen molar-refractivity contribution in [1.82, 2.24) is 4.90 Å². The van der Waals surface area contributed by atoms with Gasteiger partial charge in [-0.1, -0.05) is 50.3 Å². The van der Waals surface area contributed by atoms with Crippen LogP contribution in [0.15, 0.2) is 43.0 Å². The Labute approximate surface area is 196 Å². The fraction of sp³-hybridized carbons (Fsp3) is 0.560. The highest BCUT2D eigenvalue weighted by molar-refractivity contribution is 5.86. The summed E-state index contributed by atoms with van der Waals surface area (Å²) in [4.78, 5) is 33.6. The molecule has 1 saturated heterocycles. The lowest BCUT2D eigenvalue weighted by molar-refractivity contribution is -0.142. The number of esters is 1. The van der Waals surface area contributed by atoms with Gasteiger partial charge in [-0.25, -0.2) is 8.78 Å². The average molecular weight is 469 g/mol. The van der Waals surface area contributed by atoms with Gasteiger partial charge in [0, 0.05) is 38.8 Å². The van der Waals surface area contributed by atoms with E-state index in [1.807, 2.05) is 37.3 Å². The molecule has 1 aliphatic rings. The zero-order chi connectivity index (χ0) is 25.3. The molecule has 0 bridgehead atoms. The lowest BCUT2D eigenvalue weighted by atomic mass is 10.00. The van der Waals surface area contributed by atoms with Crippen LogP contribution in [0.2, 0.25) is 0 Å². The van der Waals surface area contributed by atoms with E-state index in [-0.39, 0.29) is 49.5 Å². The summed E-state index contributed by atoms with van der Waals surface area (Å²) in [6.45, 7) is 9.33. The van der Waals surface area contributed by atoms with Crippen LogP contribution in [0.5, 0.6) is 0 Å². The predicted octanol–water partition coefficient (Wildman–Crippen LogP) is 4.52. The number of nitrogens with two attached hydrogens (primary N) is 1. The van der Waals surface area contributed by atoms with E-state index >= 15 is 0 Å². The van der Waals surface area contributed by atoms with Crippen LogP contribution in [-0.4, -0.2) is 48.1 Å². The van der Waals surface area contributed by atoms with Gasteiger partial charge in [0.2, 0.25) is 5.91 Å². The Kier molecular flexibility index (Phi) is 15.6. The maximum atomic E-state index is 12.9. The van der Waals surface area contributed by atoms with E-state index in [0.717, 1.165) is 24.8 Å². The van der Waals surface area contributed by atoms with Gasteiger partial charge in [-0.05, 0) is 37.9 Å². The molecule has 0 aromatic heterocycles. The molecule has 0 unspecified atom stereocenters. The van der Waals surface area contributed by atoms with Gasteiger partial charge in [0.1, 0.15) is 6.61 Å². The Morgan fingerprint density at radius 2 is 1.70 bits per heavy atom.